The molecule has 0 saturated carbocycles. The zero-order valence-corrected chi connectivity index (χ0v) is 38.4. The van der Waals surface area contributed by atoms with Gasteiger partial charge in [0, 0.05) is 73.2 Å². The molecular weight excluding hydrogens is 847 g/mol. The van der Waals surface area contributed by atoms with Crippen molar-refractivity contribution in [2.24, 2.45) is 10.7 Å². The van der Waals surface area contributed by atoms with E-state index in [0.717, 1.165) is 103 Å². The van der Waals surface area contributed by atoms with E-state index in [4.69, 9.17) is 20.0 Å². The van der Waals surface area contributed by atoms with Gasteiger partial charge in [0.2, 0.25) is 0 Å². The average molecular weight is 892 g/mol. The third-order valence-electron chi connectivity index (χ3n) is 12.1. The maximum Gasteiger partial charge on any atom is 0.154 e. The maximum absolute atomic E-state index is 8.52. The quantitative estimate of drug-likeness (QED) is 0.123. The monoisotopic (exact) mass is 891 g/mol. The molecule has 7 aromatic carbocycles. The minimum Gasteiger partial charge on any atom is -0.456 e. The Morgan fingerprint density at radius 3 is 2.11 bits per heavy atom. The molecule has 0 unspecified atom stereocenters. The van der Waals surface area contributed by atoms with Crippen molar-refractivity contribution in [2.75, 3.05) is 0 Å². The minimum atomic E-state index is 0.162. The molecule has 4 heterocycles. The molecule has 0 aliphatic heterocycles. The third kappa shape index (κ3) is 7.48. The number of nitrogens with zero attached hydrogens (tertiary/aromatic N) is 1. The summed E-state index contributed by atoms with van der Waals surface area (Å²) in [5.41, 5.74) is 18.2. The van der Waals surface area contributed by atoms with Crippen molar-refractivity contribution in [3.8, 4) is 22.3 Å². The van der Waals surface area contributed by atoms with Gasteiger partial charge < -0.3 is 14.6 Å². The predicted octanol–water partition coefficient (Wildman–Crippen LogP) is 15.5. The molecule has 0 aliphatic carbocycles. The molecule has 0 amide bonds. The fourth-order valence-corrected chi connectivity index (χ4v) is 11.2. The highest BCUT2D eigenvalue weighted by atomic mass is 32.1. The molecule has 11 rings (SSSR count). The molecule has 66 heavy (non-hydrogen) atoms. The molecule has 5 nitrogen and oxygen atoms in total. The molecule has 0 spiro atoms. The topological polar surface area (TPSA) is 88.5 Å². The summed E-state index contributed by atoms with van der Waals surface area (Å²) in [6, 6.07) is 50.0. The second-order valence-corrected chi connectivity index (χ2v) is 18.2. The zero-order chi connectivity index (χ0) is 45.5. The van der Waals surface area contributed by atoms with Crippen molar-refractivity contribution >= 4 is 121 Å². The van der Waals surface area contributed by atoms with Crippen LogP contribution in [0.3, 0.4) is 0 Å². The number of nitrogens with one attached hydrogen (secondary N) is 1. The van der Waals surface area contributed by atoms with Gasteiger partial charge in [-0.2, -0.15) is 0 Å². The molecule has 0 saturated heterocycles. The van der Waals surface area contributed by atoms with Crippen LogP contribution in [0.25, 0.3) is 109 Å². The Hall–Kier alpha value is -7.84. The molecule has 320 valence electrons. The van der Waals surface area contributed by atoms with Crippen LogP contribution in [0.1, 0.15) is 42.3 Å². The van der Waals surface area contributed by atoms with E-state index in [9.17, 15) is 0 Å². The van der Waals surface area contributed by atoms with Crippen molar-refractivity contribution in [1.82, 2.24) is 0 Å². The molecule has 4 aromatic heterocycles. The Bertz CT molecular complexity index is 3930. The number of amidine groups is 2. The summed E-state index contributed by atoms with van der Waals surface area (Å²) in [6.07, 6.45) is 9.92. The average Bonchev–Trinajstić information content (AvgIpc) is 4.13. The number of hydrogen-bond donors (Lipinski definition) is 2. The van der Waals surface area contributed by atoms with E-state index in [1.54, 1.807) is 22.7 Å². The fourth-order valence-electron chi connectivity index (χ4n) is 8.81. The van der Waals surface area contributed by atoms with E-state index in [1.165, 1.54) is 20.3 Å². The standard InChI is InChI=1S/C32H24O2.C27H21N3S2/c1-4-20(3)30-26-19-22(15-18-29(26)33-27(30)5-2)23-16-17-24(21-11-7-6-8-12-21)32-31(23)25-13-9-10-14-28(25)34-32;1-3-7-22-18(4-2)20-12-10-16(14-24(20)31-22)26(28)30-27(29)17-11-13-21-19-8-5-6-9-23(19)32-25(21)15-17/h4-19H,1H2,2-3H3;3-15H,2H2,1H3,(H3,28,29,30)/b27-5+,30-20-;7-3-. The van der Waals surface area contributed by atoms with Crippen LogP contribution in [0, 0.1) is 5.41 Å². The van der Waals surface area contributed by atoms with Gasteiger partial charge in [-0.05, 0) is 103 Å². The van der Waals surface area contributed by atoms with Crippen LogP contribution in [0.2, 0.25) is 0 Å². The van der Waals surface area contributed by atoms with Crippen molar-refractivity contribution in [3.63, 3.8) is 0 Å². The Balaban J connectivity index is 0.000000155. The summed E-state index contributed by atoms with van der Waals surface area (Å²) in [6.45, 7) is 14.0. The lowest BCUT2D eigenvalue weighted by atomic mass is 9.94. The van der Waals surface area contributed by atoms with E-state index in [1.807, 2.05) is 80.6 Å². The molecular formula is C59H45N3O2S2. The van der Waals surface area contributed by atoms with Gasteiger partial charge in [-0.3, -0.25) is 5.41 Å². The Morgan fingerprint density at radius 2 is 1.32 bits per heavy atom. The number of nitrogens with two attached hydrogens (primary N) is 1. The van der Waals surface area contributed by atoms with Crippen LogP contribution >= 0.6 is 22.7 Å². The first-order valence-electron chi connectivity index (χ1n) is 21.8. The SMILES string of the molecule is C=C/C(C)=c1\c(=C/C)oc2ccc(-c3ccc(-c4ccccc4)c4oc5ccccc5c34)cc12.C=Cc1c(/C=C\C)sc2cc(C(N)=NC(=N)c3ccc4c(c3)sc3ccccc34)ccc12. The summed E-state index contributed by atoms with van der Waals surface area (Å²) in [5.74, 6) is 0.504. The van der Waals surface area contributed by atoms with Crippen LogP contribution in [0.4, 0.5) is 0 Å². The number of para-hydroxylation sites is 1. The van der Waals surface area contributed by atoms with Crippen molar-refractivity contribution in [3.05, 3.63) is 203 Å². The molecule has 0 fully saturated rings. The van der Waals surface area contributed by atoms with Gasteiger partial charge in [0.15, 0.2) is 5.84 Å². The van der Waals surface area contributed by atoms with Gasteiger partial charge in [-0.15, -0.1) is 22.7 Å². The fraction of sp³-hybridized carbons (Fsp3) is 0.0508. The summed E-state index contributed by atoms with van der Waals surface area (Å²) in [5, 5.41) is 16.6. The van der Waals surface area contributed by atoms with Gasteiger partial charge >= 0.3 is 0 Å². The second kappa shape index (κ2) is 17.6. The molecule has 0 bridgehead atoms. The number of thiophene rings is 2. The van der Waals surface area contributed by atoms with E-state index in [2.05, 4.69) is 134 Å². The molecule has 0 aliphatic rings. The van der Waals surface area contributed by atoms with Crippen molar-refractivity contribution < 1.29 is 8.83 Å². The number of aliphatic imine (C=N–C) groups is 1. The summed E-state index contributed by atoms with van der Waals surface area (Å²) < 4.78 is 16.1. The van der Waals surface area contributed by atoms with E-state index >= 15 is 0 Å². The first-order chi connectivity index (χ1) is 32.3. The van der Waals surface area contributed by atoms with Crippen LogP contribution in [-0.2, 0) is 0 Å². The van der Waals surface area contributed by atoms with Gasteiger partial charge in [-0.25, -0.2) is 4.99 Å². The lowest BCUT2D eigenvalue weighted by molar-refractivity contribution is 0.574. The summed E-state index contributed by atoms with van der Waals surface area (Å²) >= 11 is 3.43. The summed E-state index contributed by atoms with van der Waals surface area (Å²) in [7, 11) is 0. The molecule has 11 aromatic rings. The van der Waals surface area contributed by atoms with Gasteiger partial charge in [0.1, 0.15) is 28.0 Å². The number of rotatable bonds is 7. The molecule has 0 radical (unpaired) electrons. The minimum absolute atomic E-state index is 0.162. The maximum atomic E-state index is 8.52. The third-order valence-corrected chi connectivity index (χ3v) is 14.3. The number of furan rings is 2. The molecule has 3 N–H and O–H groups in total. The Kier molecular flexibility index (Phi) is 11.2. The van der Waals surface area contributed by atoms with Gasteiger partial charge in [-0.1, -0.05) is 135 Å². The largest absolute Gasteiger partial charge is 0.456 e. The normalized spacial score (nSPS) is 12.8. The smallest absolute Gasteiger partial charge is 0.154 e. The van der Waals surface area contributed by atoms with Crippen molar-refractivity contribution in [1.29, 1.82) is 5.41 Å². The Labute approximate surface area is 390 Å². The van der Waals surface area contributed by atoms with Crippen molar-refractivity contribution in [2.45, 2.75) is 20.8 Å². The van der Waals surface area contributed by atoms with Crippen LogP contribution in [0.15, 0.2) is 185 Å². The molecule has 7 heteroatoms. The number of allylic oxidation sites excluding steroid dienone is 2. The number of fused-ring (bicyclic) bond motifs is 8. The second-order valence-electron chi connectivity index (χ2n) is 16.0. The Morgan fingerprint density at radius 1 is 0.636 bits per heavy atom. The predicted molar refractivity (Wildman–Crippen MR) is 287 cm³/mol. The van der Waals surface area contributed by atoms with Gasteiger partial charge in [0.05, 0.1) is 0 Å². The van der Waals surface area contributed by atoms with Gasteiger partial charge in [0.25, 0.3) is 0 Å². The van der Waals surface area contributed by atoms with Crippen LogP contribution in [-0.4, -0.2) is 11.7 Å². The number of benzene rings is 7. The van der Waals surface area contributed by atoms with Crippen LogP contribution < -0.4 is 16.4 Å². The lowest BCUT2D eigenvalue weighted by Crippen LogP contribution is -2.21. The highest BCUT2D eigenvalue weighted by molar-refractivity contribution is 7.25. The summed E-state index contributed by atoms with van der Waals surface area (Å²) in [4.78, 5) is 5.60. The van der Waals surface area contributed by atoms with Crippen LogP contribution in [0.5, 0.6) is 0 Å². The lowest BCUT2D eigenvalue weighted by Gasteiger charge is -2.08. The first-order valence-corrected chi connectivity index (χ1v) is 23.4. The molecule has 0 atom stereocenters. The highest BCUT2D eigenvalue weighted by Gasteiger charge is 2.18. The van der Waals surface area contributed by atoms with E-state index in [-0.39, 0.29) is 5.84 Å². The first kappa shape index (κ1) is 42.1. The number of hydrogen-bond acceptors (Lipinski definition) is 5. The highest BCUT2D eigenvalue weighted by Crippen LogP contribution is 2.42. The van der Waals surface area contributed by atoms with E-state index < -0.39 is 0 Å². The zero-order valence-electron chi connectivity index (χ0n) is 36.8. The van der Waals surface area contributed by atoms with E-state index in [0.29, 0.717) is 5.84 Å².